The summed E-state index contributed by atoms with van der Waals surface area (Å²) >= 11 is 1.54. The molecule has 10 heteroatoms. The third-order valence-corrected chi connectivity index (χ3v) is 2.51. The molecule has 0 aromatic carbocycles. The minimum absolute atomic E-state index is 0.00961. The summed E-state index contributed by atoms with van der Waals surface area (Å²) < 4.78 is 44.0. The van der Waals surface area contributed by atoms with Crippen LogP contribution in [0.25, 0.3) is 0 Å². The molecule has 0 atom stereocenters. The molecule has 0 bridgehead atoms. The van der Waals surface area contributed by atoms with Crippen LogP contribution >= 0.6 is 22.6 Å². The molecule has 0 radical (unpaired) electrons. The fraction of sp³-hybridized carbons (Fsp3) is 0.286. The Morgan fingerprint density at radius 2 is 2.12 bits per heavy atom. The molecule has 0 aliphatic heterocycles. The highest BCUT2D eigenvalue weighted by atomic mass is 127. The molecule has 1 aromatic heterocycles. The van der Waals surface area contributed by atoms with Gasteiger partial charge in [0.25, 0.3) is 0 Å². The summed E-state index contributed by atoms with van der Waals surface area (Å²) in [6.45, 7) is 0. The molecule has 6 nitrogen and oxygen atoms in total. The van der Waals surface area contributed by atoms with Crippen LogP contribution in [0.3, 0.4) is 0 Å². The summed E-state index contributed by atoms with van der Waals surface area (Å²) in [5.41, 5.74) is 0. The van der Waals surface area contributed by atoms with E-state index in [2.05, 4.69) is 9.72 Å². The maximum absolute atomic E-state index is 11.9. The predicted octanol–water partition coefficient (Wildman–Crippen LogP) is 2.50. The average molecular weight is 364 g/mol. The maximum atomic E-state index is 11.9. The van der Waals surface area contributed by atoms with Crippen molar-refractivity contribution in [1.82, 2.24) is 4.98 Å². The van der Waals surface area contributed by atoms with Crippen LogP contribution in [0.15, 0.2) is 6.07 Å². The Hall–Kier alpha value is -1.33. The maximum Gasteiger partial charge on any atom is 0.575 e. The van der Waals surface area contributed by atoms with Crippen molar-refractivity contribution in [2.24, 2.45) is 0 Å². The molecule has 0 fully saturated rings. The van der Waals surface area contributed by atoms with Crippen LogP contribution in [0, 0.1) is 13.7 Å². The first-order chi connectivity index (χ1) is 7.74. The van der Waals surface area contributed by atoms with Crippen LogP contribution in [0.1, 0.15) is 0 Å². The highest BCUT2D eigenvalue weighted by Gasteiger charge is 2.35. The van der Waals surface area contributed by atoms with Crippen LogP contribution in [0.4, 0.5) is 19.0 Å². The number of ether oxygens (including phenoxy) is 2. The summed E-state index contributed by atoms with van der Waals surface area (Å²) in [6.07, 6.45) is -4.97. The van der Waals surface area contributed by atoms with Gasteiger partial charge in [-0.15, -0.1) is 13.2 Å². The smallest absolute Gasteiger partial charge is 0.495 e. The molecular weight excluding hydrogens is 360 g/mol. The number of hydrogen-bond acceptors (Lipinski definition) is 5. The molecular formula is C7H4F3IN2O4. The van der Waals surface area contributed by atoms with Gasteiger partial charge < -0.3 is 19.6 Å². The number of pyridine rings is 1. The lowest BCUT2D eigenvalue weighted by Crippen LogP contribution is -2.18. The number of hydrogen-bond donors (Lipinski definition) is 0. The molecule has 0 unspecified atom stereocenters. The van der Waals surface area contributed by atoms with Crippen molar-refractivity contribution in [3.05, 3.63) is 19.8 Å². The number of aromatic nitrogens is 1. The Bertz CT molecular complexity index is 451. The van der Waals surface area contributed by atoms with Gasteiger partial charge in [-0.05, 0) is 27.5 Å². The van der Waals surface area contributed by atoms with Crippen molar-refractivity contribution in [3.63, 3.8) is 0 Å². The SMILES string of the molecule is COc1cc(OC(F)(F)F)nc([N+](=O)[O-])c1I. The Morgan fingerprint density at radius 1 is 1.53 bits per heavy atom. The van der Waals surface area contributed by atoms with Crippen LogP contribution in [-0.2, 0) is 0 Å². The van der Waals surface area contributed by atoms with E-state index in [9.17, 15) is 23.3 Å². The van der Waals surface area contributed by atoms with E-state index in [1.54, 1.807) is 22.6 Å². The van der Waals surface area contributed by atoms with E-state index in [-0.39, 0.29) is 9.32 Å². The zero-order chi connectivity index (χ0) is 13.2. The first-order valence-corrected chi connectivity index (χ1v) is 4.97. The Kier molecular flexibility index (Phi) is 3.95. The first kappa shape index (κ1) is 13.7. The van der Waals surface area contributed by atoms with E-state index in [1.165, 1.54) is 7.11 Å². The number of halogens is 4. The monoisotopic (exact) mass is 364 g/mol. The van der Waals surface area contributed by atoms with E-state index >= 15 is 0 Å². The van der Waals surface area contributed by atoms with Gasteiger partial charge in [0.05, 0.1) is 13.2 Å². The number of nitrogens with zero attached hydrogens (tertiary/aromatic N) is 2. The summed E-state index contributed by atoms with van der Waals surface area (Å²) in [6, 6.07) is 0.822. The third kappa shape index (κ3) is 3.57. The minimum Gasteiger partial charge on any atom is -0.495 e. The summed E-state index contributed by atoms with van der Waals surface area (Å²) in [4.78, 5) is 12.8. The lowest BCUT2D eigenvalue weighted by Gasteiger charge is -2.07. The Balaban J connectivity index is 3.25. The molecule has 0 N–H and O–H groups in total. The number of nitro groups is 1. The lowest BCUT2D eigenvalue weighted by molar-refractivity contribution is -0.391. The number of rotatable bonds is 3. The lowest BCUT2D eigenvalue weighted by atomic mass is 10.4. The highest BCUT2D eigenvalue weighted by molar-refractivity contribution is 14.1. The van der Waals surface area contributed by atoms with E-state index < -0.39 is 23.0 Å². The molecule has 17 heavy (non-hydrogen) atoms. The van der Waals surface area contributed by atoms with Gasteiger partial charge in [0.2, 0.25) is 0 Å². The zero-order valence-corrected chi connectivity index (χ0v) is 10.3. The highest BCUT2D eigenvalue weighted by Crippen LogP contribution is 2.33. The van der Waals surface area contributed by atoms with E-state index in [4.69, 9.17) is 4.74 Å². The predicted molar refractivity (Wildman–Crippen MR) is 56.8 cm³/mol. The second kappa shape index (κ2) is 4.89. The fourth-order valence-electron chi connectivity index (χ4n) is 0.912. The van der Waals surface area contributed by atoms with E-state index in [0.717, 1.165) is 6.07 Å². The molecule has 0 saturated heterocycles. The van der Waals surface area contributed by atoms with Crippen LogP contribution < -0.4 is 9.47 Å². The quantitative estimate of drug-likeness (QED) is 0.468. The second-order valence-corrected chi connectivity index (χ2v) is 3.68. The molecule has 1 heterocycles. The van der Waals surface area contributed by atoms with Crippen molar-refractivity contribution < 1.29 is 27.6 Å². The largest absolute Gasteiger partial charge is 0.575 e. The van der Waals surface area contributed by atoms with Gasteiger partial charge in [-0.2, -0.15) is 0 Å². The summed E-state index contributed by atoms with van der Waals surface area (Å²) in [7, 11) is 1.17. The van der Waals surface area contributed by atoms with Crippen LogP contribution in [-0.4, -0.2) is 23.4 Å². The third-order valence-electron chi connectivity index (χ3n) is 1.50. The summed E-state index contributed by atoms with van der Waals surface area (Å²) in [5, 5.41) is 10.6. The van der Waals surface area contributed by atoms with Crippen molar-refractivity contribution in [3.8, 4) is 11.6 Å². The molecule has 94 valence electrons. The van der Waals surface area contributed by atoms with Gasteiger partial charge in [-0.25, -0.2) is 0 Å². The topological polar surface area (TPSA) is 74.5 Å². The molecule has 1 aromatic rings. The van der Waals surface area contributed by atoms with E-state index in [0.29, 0.717) is 0 Å². The Labute approximate surface area is 106 Å². The zero-order valence-electron chi connectivity index (χ0n) is 8.12. The van der Waals surface area contributed by atoms with Gasteiger partial charge in [-0.3, -0.25) is 0 Å². The fourth-order valence-corrected chi connectivity index (χ4v) is 1.61. The van der Waals surface area contributed by atoms with Gasteiger partial charge >= 0.3 is 18.1 Å². The molecule has 0 aliphatic rings. The molecule has 1 rings (SSSR count). The van der Waals surface area contributed by atoms with Crippen LogP contribution in [0.2, 0.25) is 0 Å². The normalized spacial score (nSPS) is 11.1. The molecule has 0 saturated carbocycles. The van der Waals surface area contributed by atoms with Gasteiger partial charge in [0, 0.05) is 4.98 Å². The second-order valence-electron chi connectivity index (χ2n) is 2.61. The minimum atomic E-state index is -4.97. The standard InChI is InChI=1S/C7H4F3IN2O4/c1-16-3-2-4(17-7(8,9)10)12-6(5(3)11)13(14)15/h2H,1H3. The molecule has 0 aliphatic carbocycles. The van der Waals surface area contributed by atoms with Gasteiger partial charge in [0.1, 0.15) is 5.75 Å². The van der Waals surface area contributed by atoms with Gasteiger partial charge in [-0.1, -0.05) is 0 Å². The number of alkyl halides is 3. The Morgan fingerprint density at radius 3 is 2.53 bits per heavy atom. The van der Waals surface area contributed by atoms with E-state index in [1.807, 2.05) is 0 Å². The van der Waals surface area contributed by atoms with Crippen molar-refractivity contribution in [1.29, 1.82) is 0 Å². The van der Waals surface area contributed by atoms with Gasteiger partial charge in [0.15, 0.2) is 3.57 Å². The van der Waals surface area contributed by atoms with Crippen LogP contribution in [0.5, 0.6) is 11.6 Å². The molecule has 0 amide bonds. The average Bonchev–Trinajstić information content (AvgIpc) is 2.17. The van der Waals surface area contributed by atoms with Crippen molar-refractivity contribution >= 4 is 28.4 Å². The summed E-state index contributed by atoms with van der Waals surface area (Å²) in [5.74, 6) is -1.82. The molecule has 0 spiro atoms. The van der Waals surface area contributed by atoms with Crippen molar-refractivity contribution in [2.45, 2.75) is 6.36 Å². The first-order valence-electron chi connectivity index (χ1n) is 3.89. The number of methoxy groups -OCH3 is 1. The van der Waals surface area contributed by atoms with Crippen molar-refractivity contribution in [2.75, 3.05) is 7.11 Å².